The van der Waals surface area contributed by atoms with Gasteiger partial charge in [-0.1, -0.05) is 32.5 Å². The van der Waals surface area contributed by atoms with Crippen molar-refractivity contribution >= 4 is 34.7 Å². The number of ether oxygens (including phenoxy) is 2. The van der Waals surface area contributed by atoms with Crippen LogP contribution in [-0.2, 0) is 28.7 Å². The molecule has 0 heterocycles. The lowest BCUT2D eigenvalue weighted by Gasteiger charge is -2.27. The molecule has 0 aromatic carbocycles. The lowest BCUT2D eigenvalue weighted by atomic mass is 10.1. The van der Waals surface area contributed by atoms with Gasteiger partial charge in [0.15, 0.2) is 5.12 Å². The van der Waals surface area contributed by atoms with Crippen LogP contribution in [0.25, 0.3) is 0 Å². The zero-order chi connectivity index (χ0) is 21.9. The van der Waals surface area contributed by atoms with Crippen molar-refractivity contribution in [2.45, 2.75) is 66.9 Å². The van der Waals surface area contributed by atoms with Gasteiger partial charge < -0.3 is 14.4 Å². The van der Waals surface area contributed by atoms with E-state index in [1.807, 2.05) is 13.8 Å². The lowest BCUT2D eigenvalue weighted by molar-refractivity contribution is -0.159. The summed E-state index contributed by atoms with van der Waals surface area (Å²) in [4.78, 5) is 49.2. The second kappa shape index (κ2) is 12.8. The molecule has 0 aliphatic heterocycles. The quantitative estimate of drug-likeness (QED) is 0.477. The Morgan fingerprint density at radius 1 is 1.04 bits per heavy atom. The number of carbonyl (C=O) groups excluding carboxylic acids is 4. The van der Waals surface area contributed by atoms with Crippen molar-refractivity contribution in [3.63, 3.8) is 0 Å². The molecule has 0 spiro atoms. The van der Waals surface area contributed by atoms with E-state index in [1.54, 1.807) is 27.7 Å². The van der Waals surface area contributed by atoms with Gasteiger partial charge in [0.25, 0.3) is 0 Å². The van der Waals surface area contributed by atoms with Crippen molar-refractivity contribution in [2.75, 3.05) is 25.4 Å². The number of nitrogens with zero attached hydrogens (tertiary/aromatic N) is 1. The van der Waals surface area contributed by atoms with Gasteiger partial charge in [-0.3, -0.25) is 19.2 Å². The average Bonchev–Trinajstić information content (AvgIpc) is 2.54. The van der Waals surface area contributed by atoms with E-state index in [2.05, 4.69) is 0 Å². The molecule has 1 atom stereocenters. The van der Waals surface area contributed by atoms with Crippen molar-refractivity contribution < 1.29 is 28.7 Å². The first kappa shape index (κ1) is 26.4. The predicted octanol–water partition coefficient (Wildman–Crippen LogP) is 3.05. The van der Waals surface area contributed by atoms with Crippen LogP contribution in [0.1, 0.15) is 61.3 Å². The molecule has 8 heteroatoms. The first-order valence-corrected chi connectivity index (χ1v) is 10.6. The van der Waals surface area contributed by atoms with Gasteiger partial charge in [-0.15, -0.1) is 0 Å². The Morgan fingerprint density at radius 3 is 2.14 bits per heavy atom. The molecule has 7 nitrogen and oxygen atoms in total. The second-order valence-electron chi connectivity index (χ2n) is 8.23. The molecule has 0 bridgehead atoms. The topological polar surface area (TPSA) is 90.0 Å². The third kappa shape index (κ3) is 13.6. The number of amides is 1. The lowest BCUT2D eigenvalue weighted by Crippen LogP contribution is -2.42. The number of thioether (sulfide) groups is 1. The standard InChI is InChI=1S/C20H35NO6S/c1-14(2)12-26-17(23)9-8-10-21(11-18(24)27-20(5,6)7)19(25)15(3)13-28-16(4)22/h14-15H,8-13H2,1-7H3/t15-/m1/s1. The van der Waals surface area contributed by atoms with Gasteiger partial charge in [0.1, 0.15) is 12.1 Å². The van der Waals surface area contributed by atoms with E-state index in [-0.39, 0.29) is 42.4 Å². The molecule has 28 heavy (non-hydrogen) atoms. The highest BCUT2D eigenvalue weighted by Gasteiger charge is 2.25. The van der Waals surface area contributed by atoms with Crippen LogP contribution in [0.3, 0.4) is 0 Å². The smallest absolute Gasteiger partial charge is 0.326 e. The summed E-state index contributed by atoms with van der Waals surface area (Å²) in [6.45, 7) is 12.8. The van der Waals surface area contributed by atoms with E-state index in [0.717, 1.165) is 11.8 Å². The van der Waals surface area contributed by atoms with Gasteiger partial charge in [0.2, 0.25) is 5.91 Å². The van der Waals surface area contributed by atoms with Crippen LogP contribution in [0.15, 0.2) is 0 Å². The fourth-order valence-corrected chi connectivity index (χ4v) is 2.80. The van der Waals surface area contributed by atoms with Gasteiger partial charge in [0, 0.05) is 31.6 Å². The van der Waals surface area contributed by atoms with E-state index in [1.165, 1.54) is 11.8 Å². The molecular weight excluding hydrogens is 382 g/mol. The van der Waals surface area contributed by atoms with Crippen molar-refractivity contribution in [1.82, 2.24) is 4.90 Å². The number of carbonyl (C=O) groups is 4. The minimum atomic E-state index is -0.650. The van der Waals surface area contributed by atoms with Gasteiger partial charge in [-0.25, -0.2) is 0 Å². The van der Waals surface area contributed by atoms with E-state index in [4.69, 9.17) is 9.47 Å². The summed E-state index contributed by atoms with van der Waals surface area (Å²) in [5.74, 6) is -0.892. The van der Waals surface area contributed by atoms with Crippen LogP contribution in [0, 0.1) is 11.8 Å². The van der Waals surface area contributed by atoms with Gasteiger partial charge in [0.05, 0.1) is 6.61 Å². The van der Waals surface area contributed by atoms with Crippen LogP contribution in [0.2, 0.25) is 0 Å². The molecule has 0 radical (unpaired) electrons. The minimum absolute atomic E-state index is 0.0637. The van der Waals surface area contributed by atoms with E-state index in [0.29, 0.717) is 18.8 Å². The molecule has 0 N–H and O–H groups in total. The van der Waals surface area contributed by atoms with Crippen molar-refractivity contribution in [3.05, 3.63) is 0 Å². The third-order valence-electron chi connectivity index (χ3n) is 3.40. The predicted molar refractivity (Wildman–Crippen MR) is 110 cm³/mol. The Labute approximate surface area is 172 Å². The van der Waals surface area contributed by atoms with Crippen LogP contribution in [0.5, 0.6) is 0 Å². The Balaban J connectivity index is 4.83. The Bertz CT molecular complexity index is 541. The molecule has 0 saturated carbocycles. The summed E-state index contributed by atoms with van der Waals surface area (Å²) in [6, 6.07) is 0. The first-order chi connectivity index (χ1) is 12.8. The molecule has 1 amide bonds. The Morgan fingerprint density at radius 2 is 1.64 bits per heavy atom. The van der Waals surface area contributed by atoms with Gasteiger partial charge >= 0.3 is 11.9 Å². The molecule has 0 aromatic rings. The molecule has 0 rings (SSSR count). The van der Waals surface area contributed by atoms with Crippen molar-refractivity contribution in [1.29, 1.82) is 0 Å². The van der Waals surface area contributed by atoms with E-state index in [9.17, 15) is 19.2 Å². The molecule has 0 unspecified atom stereocenters. The first-order valence-electron chi connectivity index (χ1n) is 9.61. The number of hydrogen-bond acceptors (Lipinski definition) is 7. The van der Waals surface area contributed by atoms with Crippen LogP contribution < -0.4 is 0 Å². The molecule has 0 aromatic heterocycles. The Hall–Kier alpha value is -1.57. The third-order valence-corrected chi connectivity index (χ3v) is 4.47. The van der Waals surface area contributed by atoms with Crippen molar-refractivity contribution in [2.24, 2.45) is 11.8 Å². The fourth-order valence-electron chi connectivity index (χ4n) is 2.17. The number of hydrogen-bond donors (Lipinski definition) is 0. The van der Waals surface area contributed by atoms with Crippen LogP contribution in [-0.4, -0.2) is 58.9 Å². The molecule has 162 valence electrons. The Kier molecular flexibility index (Phi) is 12.1. The second-order valence-corrected chi connectivity index (χ2v) is 9.43. The van der Waals surface area contributed by atoms with Crippen molar-refractivity contribution in [3.8, 4) is 0 Å². The number of rotatable bonds is 11. The maximum absolute atomic E-state index is 12.7. The van der Waals surface area contributed by atoms with Gasteiger partial charge in [-0.2, -0.15) is 0 Å². The largest absolute Gasteiger partial charge is 0.465 e. The fraction of sp³-hybridized carbons (Fsp3) is 0.800. The van der Waals surface area contributed by atoms with Crippen LogP contribution in [0.4, 0.5) is 0 Å². The normalized spacial score (nSPS) is 12.4. The molecule has 0 saturated heterocycles. The highest BCUT2D eigenvalue weighted by molar-refractivity contribution is 8.13. The maximum atomic E-state index is 12.7. The van der Waals surface area contributed by atoms with E-state index >= 15 is 0 Å². The molecule has 0 aliphatic rings. The monoisotopic (exact) mass is 417 g/mol. The highest BCUT2D eigenvalue weighted by Crippen LogP contribution is 2.14. The zero-order valence-electron chi connectivity index (χ0n) is 18.2. The summed E-state index contributed by atoms with van der Waals surface area (Å²) in [5, 5.41) is -0.0637. The SMILES string of the molecule is CC(=O)SC[C@@H](C)C(=O)N(CCCC(=O)OCC(C)C)CC(=O)OC(C)(C)C. The maximum Gasteiger partial charge on any atom is 0.326 e. The summed E-state index contributed by atoms with van der Waals surface area (Å²) in [5.41, 5.74) is -0.650. The summed E-state index contributed by atoms with van der Waals surface area (Å²) in [6.07, 6.45) is 0.555. The average molecular weight is 418 g/mol. The highest BCUT2D eigenvalue weighted by atomic mass is 32.2. The van der Waals surface area contributed by atoms with E-state index < -0.39 is 17.5 Å². The summed E-state index contributed by atoms with van der Waals surface area (Å²) < 4.78 is 10.4. The molecular formula is C20H35NO6S. The molecule has 0 fully saturated rings. The number of esters is 2. The molecule has 0 aliphatic carbocycles. The van der Waals surface area contributed by atoms with Crippen LogP contribution >= 0.6 is 11.8 Å². The minimum Gasteiger partial charge on any atom is -0.465 e. The van der Waals surface area contributed by atoms with Gasteiger partial charge in [-0.05, 0) is 33.1 Å². The zero-order valence-corrected chi connectivity index (χ0v) is 19.0. The summed E-state index contributed by atoms with van der Waals surface area (Å²) >= 11 is 1.08. The summed E-state index contributed by atoms with van der Waals surface area (Å²) in [7, 11) is 0.